The maximum Gasteiger partial charge on any atom is 0.162 e. The molecule has 1 aromatic carbocycles. The van der Waals surface area contributed by atoms with E-state index in [4.69, 9.17) is 15.2 Å². The predicted octanol–water partition coefficient (Wildman–Crippen LogP) is 1.43. The van der Waals surface area contributed by atoms with E-state index in [9.17, 15) is 0 Å². The number of hydrogen-bond acceptors (Lipinski definition) is 5. The molecule has 2 N–H and O–H groups in total. The fourth-order valence-electron chi connectivity index (χ4n) is 2.43. The Balaban J connectivity index is 2.29. The minimum Gasteiger partial charge on any atom is -0.493 e. The first-order chi connectivity index (χ1) is 9.06. The second-order valence-electron chi connectivity index (χ2n) is 5.04. The number of nitrogen functional groups attached to an aromatic ring is 1. The molecule has 0 amide bonds. The lowest BCUT2D eigenvalue weighted by atomic mass is 10.1. The number of rotatable bonds is 3. The summed E-state index contributed by atoms with van der Waals surface area (Å²) in [6.07, 6.45) is 0. The Kier molecular flexibility index (Phi) is 4.04. The topological polar surface area (TPSA) is 51.0 Å². The Morgan fingerprint density at radius 1 is 1.16 bits per heavy atom. The number of nitrogens with two attached hydrogens (primary N) is 1. The lowest BCUT2D eigenvalue weighted by molar-refractivity contribution is 0.234. The third-order valence-electron chi connectivity index (χ3n) is 3.83. The largest absolute Gasteiger partial charge is 0.493 e. The predicted molar refractivity (Wildman–Crippen MR) is 78.3 cm³/mol. The molecule has 0 spiro atoms. The minimum atomic E-state index is 0.515. The number of nitrogens with zero attached hydrogens (tertiary/aromatic N) is 2. The summed E-state index contributed by atoms with van der Waals surface area (Å²) < 4.78 is 10.6. The highest BCUT2D eigenvalue weighted by molar-refractivity contribution is 5.73. The first-order valence-electron chi connectivity index (χ1n) is 6.53. The van der Waals surface area contributed by atoms with Crippen LogP contribution >= 0.6 is 0 Å². The van der Waals surface area contributed by atoms with Crippen LogP contribution in [0.15, 0.2) is 12.1 Å². The van der Waals surface area contributed by atoms with Crippen LogP contribution in [0.5, 0.6) is 11.5 Å². The maximum absolute atomic E-state index is 6.14. The standard InChI is InChI=1S/C14H23N3O2/c1-10-9-17(6-5-16(10)2)12-8-14(19-4)13(18-3)7-11(12)15/h7-8,10H,5-6,9,15H2,1-4H3. The number of benzene rings is 1. The summed E-state index contributed by atoms with van der Waals surface area (Å²) in [5.74, 6) is 1.39. The van der Waals surface area contributed by atoms with E-state index in [1.807, 2.05) is 12.1 Å². The first kappa shape index (κ1) is 13.8. The van der Waals surface area contributed by atoms with Gasteiger partial charge in [-0.05, 0) is 14.0 Å². The van der Waals surface area contributed by atoms with Crippen LogP contribution in [-0.2, 0) is 0 Å². The van der Waals surface area contributed by atoms with E-state index < -0.39 is 0 Å². The molecule has 1 unspecified atom stereocenters. The van der Waals surface area contributed by atoms with Crippen LogP contribution in [-0.4, -0.2) is 51.8 Å². The number of likely N-dealkylation sites (N-methyl/N-ethyl adjacent to an activating group) is 1. The van der Waals surface area contributed by atoms with Crippen molar-refractivity contribution in [3.05, 3.63) is 12.1 Å². The van der Waals surface area contributed by atoms with Gasteiger partial charge in [0.1, 0.15) is 0 Å². The molecule has 1 aliphatic heterocycles. The van der Waals surface area contributed by atoms with Gasteiger partial charge in [-0.15, -0.1) is 0 Å². The fourth-order valence-corrected chi connectivity index (χ4v) is 2.43. The summed E-state index contributed by atoms with van der Waals surface area (Å²) in [5.41, 5.74) is 7.90. The van der Waals surface area contributed by atoms with Gasteiger partial charge in [0.2, 0.25) is 0 Å². The van der Waals surface area contributed by atoms with Crippen molar-refractivity contribution in [3.63, 3.8) is 0 Å². The van der Waals surface area contributed by atoms with Gasteiger partial charge in [0.05, 0.1) is 25.6 Å². The smallest absolute Gasteiger partial charge is 0.162 e. The number of ether oxygens (including phenoxy) is 2. The summed E-state index contributed by atoms with van der Waals surface area (Å²) >= 11 is 0. The Labute approximate surface area is 114 Å². The first-order valence-corrected chi connectivity index (χ1v) is 6.53. The SMILES string of the molecule is COc1cc(N)c(N2CCN(C)C(C)C2)cc1OC. The molecular formula is C14H23N3O2. The normalized spacial score (nSPS) is 20.4. The Hall–Kier alpha value is -1.62. The molecule has 0 aliphatic carbocycles. The van der Waals surface area contributed by atoms with Gasteiger partial charge in [-0.25, -0.2) is 0 Å². The molecule has 1 fully saturated rings. The van der Waals surface area contributed by atoms with Crippen LogP contribution in [0.1, 0.15) is 6.92 Å². The highest BCUT2D eigenvalue weighted by Gasteiger charge is 2.23. The number of piperazine rings is 1. The molecule has 19 heavy (non-hydrogen) atoms. The van der Waals surface area contributed by atoms with Gasteiger partial charge in [-0.3, -0.25) is 0 Å². The van der Waals surface area contributed by atoms with E-state index in [1.165, 1.54) is 0 Å². The Morgan fingerprint density at radius 3 is 2.37 bits per heavy atom. The van der Waals surface area contributed by atoms with E-state index in [1.54, 1.807) is 14.2 Å². The highest BCUT2D eigenvalue weighted by Crippen LogP contribution is 2.37. The monoisotopic (exact) mass is 265 g/mol. The van der Waals surface area contributed by atoms with Gasteiger partial charge >= 0.3 is 0 Å². The molecule has 5 nitrogen and oxygen atoms in total. The van der Waals surface area contributed by atoms with Crippen LogP contribution < -0.4 is 20.1 Å². The molecule has 2 rings (SSSR count). The van der Waals surface area contributed by atoms with E-state index >= 15 is 0 Å². The number of methoxy groups -OCH3 is 2. The van der Waals surface area contributed by atoms with Crippen molar-refractivity contribution in [1.29, 1.82) is 0 Å². The van der Waals surface area contributed by atoms with Crippen molar-refractivity contribution >= 4 is 11.4 Å². The molecule has 1 aliphatic rings. The average molecular weight is 265 g/mol. The van der Waals surface area contributed by atoms with E-state index in [0.717, 1.165) is 36.8 Å². The fraction of sp³-hybridized carbons (Fsp3) is 0.571. The summed E-state index contributed by atoms with van der Waals surface area (Å²) in [5, 5.41) is 0. The Morgan fingerprint density at radius 2 is 1.79 bits per heavy atom. The van der Waals surface area contributed by atoms with Crippen LogP contribution in [0, 0.1) is 0 Å². The van der Waals surface area contributed by atoms with E-state index in [2.05, 4.69) is 23.8 Å². The third kappa shape index (κ3) is 2.71. The van der Waals surface area contributed by atoms with Crippen molar-refractivity contribution in [1.82, 2.24) is 4.90 Å². The molecular weight excluding hydrogens is 242 g/mol. The van der Waals surface area contributed by atoms with Gasteiger partial charge in [-0.1, -0.05) is 0 Å². The van der Waals surface area contributed by atoms with Crippen molar-refractivity contribution in [3.8, 4) is 11.5 Å². The van der Waals surface area contributed by atoms with Crippen LogP contribution in [0.25, 0.3) is 0 Å². The van der Waals surface area contributed by atoms with Crippen molar-refractivity contribution in [2.75, 3.05) is 51.5 Å². The van der Waals surface area contributed by atoms with E-state index in [0.29, 0.717) is 11.8 Å². The lowest BCUT2D eigenvalue weighted by Gasteiger charge is -2.39. The summed E-state index contributed by atoms with van der Waals surface area (Å²) in [6.45, 7) is 5.20. The highest BCUT2D eigenvalue weighted by atomic mass is 16.5. The van der Waals surface area contributed by atoms with Gasteiger partial charge in [-0.2, -0.15) is 0 Å². The average Bonchev–Trinajstić information content (AvgIpc) is 2.41. The molecule has 5 heteroatoms. The van der Waals surface area contributed by atoms with Gasteiger partial charge in [0.25, 0.3) is 0 Å². The van der Waals surface area contributed by atoms with Crippen molar-refractivity contribution < 1.29 is 9.47 Å². The number of anilines is 2. The zero-order chi connectivity index (χ0) is 14.0. The molecule has 0 radical (unpaired) electrons. The number of hydrogen-bond donors (Lipinski definition) is 1. The molecule has 1 atom stereocenters. The molecule has 1 aromatic rings. The Bertz CT molecular complexity index is 451. The molecule has 0 saturated carbocycles. The van der Waals surface area contributed by atoms with Crippen molar-refractivity contribution in [2.24, 2.45) is 0 Å². The van der Waals surface area contributed by atoms with Crippen molar-refractivity contribution in [2.45, 2.75) is 13.0 Å². The van der Waals surface area contributed by atoms with E-state index in [-0.39, 0.29) is 0 Å². The van der Waals surface area contributed by atoms with Crippen LogP contribution in [0.2, 0.25) is 0 Å². The van der Waals surface area contributed by atoms with Gasteiger partial charge < -0.3 is 25.0 Å². The third-order valence-corrected chi connectivity index (χ3v) is 3.83. The van der Waals surface area contributed by atoms with Gasteiger partial charge in [0, 0.05) is 37.8 Å². The molecule has 106 valence electrons. The quantitative estimate of drug-likeness (QED) is 0.838. The summed E-state index contributed by atoms with van der Waals surface area (Å²) in [6, 6.07) is 4.31. The minimum absolute atomic E-state index is 0.515. The molecule has 1 saturated heterocycles. The second kappa shape index (κ2) is 5.57. The lowest BCUT2D eigenvalue weighted by Crippen LogP contribution is -2.50. The molecule has 1 heterocycles. The van der Waals surface area contributed by atoms with Gasteiger partial charge in [0.15, 0.2) is 11.5 Å². The maximum atomic E-state index is 6.14. The van der Waals surface area contributed by atoms with Crippen LogP contribution in [0.3, 0.4) is 0 Å². The second-order valence-corrected chi connectivity index (χ2v) is 5.04. The zero-order valence-corrected chi connectivity index (χ0v) is 12.1. The molecule has 0 aromatic heterocycles. The summed E-state index contributed by atoms with van der Waals surface area (Å²) in [4.78, 5) is 4.66. The summed E-state index contributed by atoms with van der Waals surface area (Å²) in [7, 11) is 5.42. The zero-order valence-electron chi connectivity index (χ0n) is 12.1. The molecule has 0 bridgehead atoms. The van der Waals surface area contributed by atoms with Crippen LogP contribution in [0.4, 0.5) is 11.4 Å².